The van der Waals surface area contributed by atoms with E-state index >= 15 is 0 Å². The third-order valence-electron chi connectivity index (χ3n) is 3.60. The Morgan fingerprint density at radius 1 is 1.43 bits per heavy atom. The third-order valence-corrected chi connectivity index (χ3v) is 4.49. The second-order valence-electron chi connectivity index (χ2n) is 5.22. The summed E-state index contributed by atoms with van der Waals surface area (Å²) in [6, 6.07) is 0. The standard InChI is InChI=1S/C12H13F3N6OS/c1-21-5-6(2-17-21)7-3-16-4-8(7)9(22)18-11-20-19-10(23-11)12(13,14)15/h2,5,7-8,16H,3-4H2,1H3,(H,18,20,22)/t7-,8+/m1/s1. The summed E-state index contributed by atoms with van der Waals surface area (Å²) in [5.41, 5.74) is 0.908. The van der Waals surface area contributed by atoms with E-state index in [-0.39, 0.29) is 17.0 Å². The van der Waals surface area contributed by atoms with Gasteiger partial charge in [0.1, 0.15) is 0 Å². The van der Waals surface area contributed by atoms with E-state index in [1.807, 2.05) is 6.20 Å². The number of aromatic nitrogens is 4. The molecule has 2 aromatic rings. The van der Waals surface area contributed by atoms with Crippen LogP contribution in [-0.4, -0.2) is 39.0 Å². The molecule has 0 aliphatic carbocycles. The van der Waals surface area contributed by atoms with Crippen molar-refractivity contribution >= 4 is 22.4 Å². The second-order valence-corrected chi connectivity index (χ2v) is 6.20. The predicted molar refractivity (Wildman–Crippen MR) is 75.8 cm³/mol. The zero-order chi connectivity index (χ0) is 16.6. The number of aryl methyl sites for hydroxylation is 1. The zero-order valence-electron chi connectivity index (χ0n) is 12.0. The first kappa shape index (κ1) is 15.9. The molecule has 2 atom stereocenters. The first-order valence-electron chi connectivity index (χ1n) is 6.75. The number of carbonyl (C=O) groups is 1. The fourth-order valence-electron chi connectivity index (χ4n) is 2.52. The van der Waals surface area contributed by atoms with Crippen LogP contribution >= 0.6 is 11.3 Å². The number of nitrogens with zero attached hydrogens (tertiary/aromatic N) is 4. The highest BCUT2D eigenvalue weighted by Gasteiger charge is 2.37. The summed E-state index contributed by atoms with van der Waals surface area (Å²) >= 11 is 0.312. The summed E-state index contributed by atoms with van der Waals surface area (Å²) in [6.45, 7) is 1.05. The molecule has 11 heteroatoms. The maximum Gasteiger partial charge on any atom is 0.445 e. The van der Waals surface area contributed by atoms with Gasteiger partial charge in [-0.05, 0) is 5.56 Å². The number of amides is 1. The number of halogens is 3. The minimum absolute atomic E-state index is 0.0845. The van der Waals surface area contributed by atoms with Crippen LogP contribution in [0.3, 0.4) is 0 Å². The van der Waals surface area contributed by atoms with E-state index in [0.29, 0.717) is 24.4 Å². The van der Waals surface area contributed by atoms with Crippen molar-refractivity contribution < 1.29 is 18.0 Å². The van der Waals surface area contributed by atoms with Crippen molar-refractivity contribution in [3.63, 3.8) is 0 Å². The Morgan fingerprint density at radius 2 is 2.22 bits per heavy atom. The van der Waals surface area contributed by atoms with E-state index < -0.39 is 17.1 Å². The largest absolute Gasteiger partial charge is 0.445 e. The van der Waals surface area contributed by atoms with Crippen molar-refractivity contribution in [2.45, 2.75) is 12.1 Å². The average Bonchev–Trinajstić information content (AvgIpc) is 3.15. The Bertz CT molecular complexity index is 712. The highest BCUT2D eigenvalue weighted by atomic mass is 32.1. The van der Waals surface area contributed by atoms with Crippen LogP contribution in [0.1, 0.15) is 16.5 Å². The van der Waals surface area contributed by atoms with Gasteiger partial charge in [0, 0.05) is 32.3 Å². The summed E-state index contributed by atoms with van der Waals surface area (Å²) in [5, 5.41) is 14.8. The summed E-state index contributed by atoms with van der Waals surface area (Å²) in [7, 11) is 1.78. The molecule has 0 saturated carbocycles. The summed E-state index contributed by atoms with van der Waals surface area (Å²) in [6.07, 6.45) is -1.05. The number of hydrogen-bond donors (Lipinski definition) is 2. The minimum atomic E-state index is -4.56. The molecule has 1 aliphatic rings. The number of carbonyl (C=O) groups excluding carboxylic acids is 1. The topological polar surface area (TPSA) is 84.7 Å². The average molecular weight is 346 g/mol. The van der Waals surface area contributed by atoms with E-state index in [1.165, 1.54) is 0 Å². The number of nitrogens with one attached hydrogen (secondary N) is 2. The molecule has 0 unspecified atom stereocenters. The Hall–Kier alpha value is -2.01. The molecular formula is C12H13F3N6OS. The summed E-state index contributed by atoms with van der Waals surface area (Å²) in [4.78, 5) is 12.3. The van der Waals surface area contributed by atoms with Crippen LogP contribution in [0.2, 0.25) is 0 Å². The smallest absolute Gasteiger partial charge is 0.315 e. The maximum absolute atomic E-state index is 12.5. The van der Waals surface area contributed by atoms with Gasteiger partial charge in [-0.1, -0.05) is 11.3 Å². The number of anilines is 1. The lowest BCUT2D eigenvalue weighted by Crippen LogP contribution is -2.28. The quantitative estimate of drug-likeness (QED) is 0.873. The first-order valence-corrected chi connectivity index (χ1v) is 7.57. The van der Waals surface area contributed by atoms with Gasteiger partial charge in [0.05, 0.1) is 12.1 Å². The monoisotopic (exact) mass is 346 g/mol. The second kappa shape index (κ2) is 5.89. The molecule has 3 rings (SSSR count). The van der Waals surface area contributed by atoms with Crippen molar-refractivity contribution in [2.75, 3.05) is 18.4 Å². The molecule has 7 nitrogen and oxygen atoms in total. The van der Waals surface area contributed by atoms with Gasteiger partial charge in [-0.25, -0.2) is 0 Å². The minimum Gasteiger partial charge on any atom is -0.315 e. The van der Waals surface area contributed by atoms with Crippen LogP contribution in [0, 0.1) is 5.92 Å². The van der Waals surface area contributed by atoms with Gasteiger partial charge in [-0.15, -0.1) is 10.2 Å². The van der Waals surface area contributed by atoms with Gasteiger partial charge < -0.3 is 10.6 Å². The third kappa shape index (κ3) is 3.34. The normalized spacial score (nSPS) is 21.6. The number of alkyl halides is 3. The van der Waals surface area contributed by atoms with E-state index in [9.17, 15) is 18.0 Å². The van der Waals surface area contributed by atoms with E-state index in [2.05, 4.69) is 25.9 Å². The summed E-state index contributed by atoms with van der Waals surface area (Å²) in [5.74, 6) is -0.870. The van der Waals surface area contributed by atoms with E-state index in [1.54, 1.807) is 17.9 Å². The predicted octanol–water partition coefficient (Wildman–Crippen LogP) is 1.23. The van der Waals surface area contributed by atoms with Crippen LogP contribution < -0.4 is 10.6 Å². The van der Waals surface area contributed by atoms with E-state index in [4.69, 9.17) is 0 Å². The number of hydrogen-bond acceptors (Lipinski definition) is 6. The molecule has 2 aromatic heterocycles. The zero-order valence-corrected chi connectivity index (χ0v) is 12.8. The number of rotatable bonds is 3. The SMILES string of the molecule is Cn1cc([C@H]2CNC[C@@H]2C(=O)Nc2nnc(C(F)(F)F)s2)cn1. The first-order chi connectivity index (χ1) is 10.8. The lowest BCUT2D eigenvalue weighted by atomic mass is 9.90. The maximum atomic E-state index is 12.5. The summed E-state index contributed by atoms with van der Waals surface area (Å²) < 4.78 is 39.1. The van der Waals surface area contributed by atoms with Crippen LogP contribution in [0.15, 0.2) is 12.4 Å². The molecule has 124 valence electrons. The van der Waals surface area contributed by atoms with E-state index in [0.717, 1.165) is 5.56 Å². The molecule has 1 saturated heterocycles. The van der Waals surface area contributed by atoms with Gasteiger partial charge in [0.25, 0.3) is 0 Å². The lowest BCUT2D eigenvalue weighted by Gasteiger charge is -2.15. The van der Waals surface area contributed by atoms with Crippen molar-refractivity contribution in [3.8, 4) is 0 Å². The van der Waals surface area contributed by atoms with Crippen molar-refractivity contribution in [1.82, 2.24) is 25.3 Å². The molecule has 1 amide bonds. The van der Waals surface area contributed by atoms with Crippen molar-refractivity contribution in [1.29, 1.82) is 0 Å². The molecule has 0 bridgehead atoms. The van der Waals surface area contributed by atoms with Gasteiger partial charge in [-0.3, -0.25) is 9.48 Å². The molecule has 1 aliphatic heterocycles. The van der Waals surface area contributed by atoms with Gasteiger partial charge in [0.2, 0.25) is 16.0 Å². The lowest BCUT2D eigenvalue weighted by molar-refractivity contribution is -0.138. The fraction of sp³-hybridized carbons (Fsp3) is 0.500. The van der Waals surface area contributed by atoms with Gasteiger partial charge >= 0.3 is 6.18 Å². The van der Waals surface area contributed by atoms with Crippen molar-refractivity contribution in [2.24, 2.45) is 13.0 Å². The molecule has 1 fully saturated rings. The Kier molecular flexibility index (Phi) is 4.06. The highest BCUT2D eigenvalue weighted by Crippen LogP contribution is 2.34. The molecule has 0 spiro atoms. The van der Waals surface area contributed by atoms with Crippen LogP contribution in [-0.2, 0) is 18.0 Å². The molecular weight excluding hydrogens is 333 g/mol. The highest BCUT2D eigenvalue weighted by molar-refractivity contribution is 7.15. The molecule has 0 aromatic carbocycles. The molecule has 2 N–H and O–H groups in total. The van der Waals surface area contributed by atoms with Crippen LogP contribution in [0.25, 0.3) is 0 Å². The molecule has 3 heterocycles. The van der Waals surface area contributed by atoms with Gasteiger partial charge in [0.15, 0.2) is 0 Å². The Balaban J connectivity index is 1.71. The molecule has 23 heavy (non-hydrogen) atoms. The van der Waals surface area contributed by atoms with Crippen molar-refractivity contribution in [3.05, 3.63) is 23.0 Å². The Labute approximate surface area is 132 Å². The fourth-order valence-corrected chi connectivity index (χ4v) is 3.14. The molecule has 0 radical (unpaired) electrons. The van der Waals surface area contributed by atoms with Crippen LogP contribution in [0.5, 0.6) is 0 Å². The van der Waals surface area contributed by atoms with Gasteiger partial charge in [-0.2, -0.15) is 18.3 Å². The Morgan fingerprint density at radius 3 is 2.83 bits per heavy atom. The van der Waals surface area contributed by atoms with Crippen LogP contribution in [0.4, 0.5) is 18.3 Å².